The van der Waals surface area contributed by atoms with Gasteiger partial charge in [-0.1, -0.05) is 107 Å². The summed E-state index contributed by atoms with van der Waals surface area (Å²) in [7, 11) is 0. The van der Waals surface area contributed by atoms with Crippen molar-refractivity contribution in [2.75, 3.05) is 0 Å². The van der Waals surface area contributed by atoms with E-state index in [1.165, 1.54) is 42.9 Å². The average Bonchev–Trinajstić information content (AvgIpc) is 2.91. The molecule has 0 radical (unpaired) electrons. The fourth-order valence-corrected chi connectivity index (χ4v) is 4.54. The second kappa shape index (κ2) is 14.6. The fraction of sp³-hybridized carbons (Fsp3) is 0.424. The molecule has 0 saturated heterocycles. The molecule has 0 spiro atoms. The summed E-state index contributed by atoms with van der Waals surface area (Å²) in [4.78, 5) is 12.8. The van der Waals surface area contributed by atoms with Crippen LogP contribution < -0.4 is 0 Å². The maximum Gasteiger partial charge on any atom is 0.338 e. The van der Waals surface area contributed by atoms with Crippen LogP contribution in [0, 0.1) is 5.82 Å². The predicted molar refractivity (Wildman–Crippen MR) is 148 cm³/mol. The number of benzene rings is 3. The highest BCUT2D eigenvalue weighted by Gasteiger charge is 2.18. The van der Waals surface area contributed by atoms with Crippen molar-refractivity contribution in [2.24, 2.45) is 0 Å². The van der Waals surface area contributed by atoms with E-state index in [0.29, 0.717) is 18.4 Å². The molecule has 1 atom stereocenters. The first-order valence-electron chi connectivity index (χ1n) is 13.7. The summed E-state index contributed by atoms with van der Waals surface area (Å²) in [5, 5.41) is 0. The number of carbonyl (C=O) groups is 1. The van der Waals surface area contributed by atoms with Crippen LogP contribution in [0.25, 0.3) is 11.1 Å². The smallest absolute Gasteiger partial charge is 0.338 e. The highest BCUT2D eigenvalue weighted by molar-refractivity contribution is 5.89. The standard InChI is InChI=1S/C33H41FO2/c1-4-7-9-11-12-25-14-16-26(17-15-25)27-18-21-29(22-19-27)32(6-3)36-33(35)30-23-20-28(31(34)24-30)13-10-8-5-2/h14-24,32H,4-13H2,1-3H3. The molecule has 1 unspecified atom stereocenters. The number of hydrogen-bond acceptors (Lipinski definition) is 2. The Balaban J connectivity index is 1.60. The van der Waals surface area contributed by atoms with E-state index in [2.05, 4.69) is 50.2 Å². The van der Waals surface area contributed by atoms with Crippen LogP contribution in [0.1, 0.15) is 105 Å². The molecule has 0 heterocycles. The highest BCUT2D eigenvalue weighted by Crippen LogP contribution is 2.27. The Labute approximate surface area is 216 Å². The summed E-state index contributed by atoms with van der Waals surface area (Å²) in [5.41, 5.74) is 5.56. The van der Waals surface area contributed by atoms with Crippen molar-refractivity contribution in [3.63, 3.8) is 0 Å². The maximum absolute atomic E-state index is 14.5. The Morgan fingerprint density at radius 3 is 1.97 bits per heavy atom. The van der Waals surface area contributed by atoms with E-state index in [-0.39, 0.29) is 17.5 Å². The fourth-order valence-electron chi connectivity index (χ4n) is 4.54. The molecule has 36 heavy (non-hydrogen) atoms. The van der Waals surface area contributed by atoms with E-state index in [0.717, 1.165) is 36.8 Å². The Bertz CT molecular complexity index is 1070. The van der Waals surface area contributed by atoms with Crippen molar-refractivity contribution < 1.29 is 13.9 Å². The molecule has 0 amide bonds. The van der Waals surface area contributed by atoms with Crippen LogP contribution in [-0.4, -0.2) is 5.97 Å². The number of halogens is 1. The molecule has 0 fully saturated rings. The number of rotatable bonds is 14. The number of aryl methyl sites for hydroxylation is 2. The molecule has 3 rings (SSSR count). The number of unbranched alkanes of at least 4 members (excludes halogenated alkanes) is 5. The van der Waals surface area contributed by atoms with Gasteiger partial charge < -0.3 is 4.74 Å². The Hall–Kier alpha value is -2.94. The van der Waals surface area contributed by atoms with Gasteiger partial charge in [0.25, 0.3) is 0 Å². The van der Waals surface area contributed by atoms with Crippen molar-refractivity contribution >= 4 is 5.97 Å². The summed E-state index contributed by atoms with van der Waals surface area (Å²) in [6.07, 6.45) is 10.3. The third kappa shape index (κ3) is 8.05. The van der Waals surface area contributed by atoms with Crippen molar-refractivity contribution in [3.05, 3.63) is 94.8 Å². The molecule has 0 aliphatic heterocycles. The van der Waals surface area contributed by atoms with Gasteiger partial charge in [0.2, 0.25) is 0 Å². The van der Waals surface area contributed by atoms with Crippen molar-refractivity contribution in [3.8, 4) is 11.1 Å². The topological polar surface area (TPSA) is 26.3 Å². The predicted octanol–water partition coefficient (Wildman–Crippen LogP) is 9.66. The van der Waals surface area contributed by atoms with Gasteiger partial charge >= 0.3 is 5.97 Å². The first-order chi connectivity index (χ1) is 17.5. The van der Waals surface area contributed by atoms with E-state index >= 15 is 0 Å². The van der Waals surface area contributed by atoms with Crippen LogP contribution in [-0.2, 0) is 17.6 Å². The minimum absolute atomic E-state index is 0.261. The minimum atomic E-state index is -0.487. The molecule has 0 N–H and O–H groups in total. The van der Waals surface area contributed by atoms with Crippen LogP contribution in [0.2, 0.25) is 0 Å². The second-order valence-electron chi connectivity index (χ2n) is 9.70. The van der Waals surface area contributed by atoms with Gasteiger partial charge in [-0.2, -0.15) is 0 Å². The van der Waals surface area contributed by atoms with E-state index < -0.39 is 5.97 Å². The van der Waals surface area contributed by atoms with E-state index in [9.17, 15) is 9.18 Å². The lowest BCUT2D eigenvalue weighted by Crippen LogP contribution is -2.12. The third-order valence-electron chi connectivity index (χ3n) is 6.85. The Morgan fingerprint density at radius 2 is 1.36 bits per heavy atom. The van der Waals surface area contributed by atoms with Gasteiger partial charge in [0, 0.05) is 0 Å². The van der Waals surface area contributed by atoms with Crippen LogP contribution in [0.15, 0.2) is 66.7 Å². The van der Waals surface area contributed by atoms with Gasteiger partial charge in [-0.05, 0) is 72.1 Å². The van der Waals surface area contributed by atoms with Crippen LogP contribution in [0.4, 0.5) is 4.39 Å². The first-order valence-corrected chi connectivity index (χ1v) is 13.7. The van der Waals surface area contributed by atoms with Crippen LogP contribution in [0.3, 0.4) is 0 Å². The molecular weight excluding hydrogens is 447 g/mol. The summed E-state index contributed by atoms with van der Waals surface area (Å²) >= 11 is 0. The highest BCUT2D eigenvalue weighted by atomic mass is 19.1. The molecule has 3 aromatic rings. The first kappa shape index (κ1) is 27.6. The van der Waals surface area contributed by atoms with E-state index in [4.69, 9.17) is 4.74 Å². The third-order valence-corrected chi connectivity index (χ3v) is 6.85. The van der Waals surface area contributed by atoms with Crippen molar-refractivity contribution in [1.29, 1.82) is 0 Å². The molecule has 0 aliphatic rings. The van der Waals surface area contributed by atoms with E-state index in [1.807, 2.05) is 19.1 Å². The molecule has 0 aliphatic carbocycles. The molecule has 3 aromatic carbocycles. The zero-order valence-corrected chi connectivity index (χ0v) is 22.2. The number of esters is 1. The van der Waals surface area contributed by atoms with Gasteiger partial charge in [0.1, 0.15) is 11.9 Å². The molecule has 0 saturated carbocycles. The van der Waals surface area contributed by atoms with Gasteiger partial charge in [0.15, 0.2) is 0 Å². The number of hydrogen-bond donors (Lipinski definition) is 0. The molecular formula is C33H41FO2. The molecule has 3 heteroatoms. The molecule has 0 bridgehead atoms. The lowest BCUT2D eigenvalue weighted by molar-refractivity contribution is 0.0287. The van der Waals surface area contributed by atoms with Gasteiger partial charge in [-0.25, -0.2) is 9.18 Å². The minimum Gasteiger partial charge on any atom is -0.454 e. The zero-order valence-electron chi connectivity index (χ0n) is 22.2. The van der Waals surface area contributed by atoms with Crippen molar-refractivity contribution in [1.82, 2.24) is 0 Å². The summed E-state index contributed by atoms with van der Waals surface area (Å²) in [5.74, 6) is -0.815. The maximum atomic E-state index is 14.5. The quantitative estimate of drug-likeness (QED) is 0.167. The van der Waals surface area contributed by atoms with Crippen LogP contribution in [0.5, 0.6) is 0 Å². The van der Waals surface area contributed by atoms with Gasteiger partial charge in [0.05, 0.1) is 5.56 Å². The molecule has 0 aromatic heterocycles. The SMILES string of the molecule is CCCCCCc1ccc(-c2ccc(C(CC)OC(=O)c3ccc(CCCCC)c(F)c3)cc2)cc1. The summed E-state index contributed by atoms with van der Waals surface area (Å²) in [6.45, 7) is 6.35. The zero-order chi connectivity index (χ0) is 25.8. The van der Waals surface area contributed by atoms with E-state index in [1.54, 1.807) is 12.1 Å². The van der Waals surface area contributed by atoms with Crippen molar-refractivity contribution in [2.45, 2.75) is 91.1 Å². The van der Waals surface area contributed by atoms with Gasteiger partial charge in [-0.15, -0.1) is 0 Å². The monoisotopic (exact) mass is 488 g/mol. The summed E-state index contributed by atoms with van der Waals surface area (Å²) in [6, 6.07) is 21.7. The number of ether oxygens (including phenoxy) is 1. The second-order valence-corrected chi connectivity index (χ2v) is 9.70. The molecule has 192 valence electrons. The molecule has 2 nitrogen and oxygen atoms in total. The number of carbonyl (C=O) groups excluding carboxylic acids is 1. The average molecular weight is 489 g/mol. The Morgan fingerprint density at radius 1 is 0.750 bits per heavy atom. The summed E-state index contributed by atoms with van der Waals surface area (Å²) < 4.78 is 20.3. The largest absolute Gasteiger partial charge is 0.454 e. The lowest BCUT2D eigenvalue weighted by atomic mass is 9.98. The Kier molecular flexibility index (Phi) is 11.2. The van der Waals surface area contributed by atoms with Gasteiger partial charge in [-0.3, -0.25) is 0 Å². The van der Waals surface area contributed by atoms with Crippen LogP contribution >= 0.6 is 0 Å². The normalized spacial score (nSPS) is 11.9. The lowest BCUT2D eigenvalue weighted by Gasteiger charge is -2.17.